The summed E-state index contributed by atoms with van der Waals surface area (Å²) in [5.41, 5.74) is 0.763. The number of aliphatic carboxylic acids is 1. The third-order valence-corrected chi connectivity index (χ3v) is 2.48. The van der Waals surface area contributed by atoms with Crippen LogP contribution in [0.25, 0.3) is 0 Å². The van der Waals surface area contributed by atoms with E-state index in [1.807, 2.05) is 26.0 Å². The highest BCUT2D eigenvalue weighted by atomic mass is 79.9. The van der Waals surface area contributed by atoms with Gasteiger partial charge in [0.25, 0.3) is 0 Å². The quantitative estimate of drug-likeness (QED) is 0.885. The Kier molecular flexibility index (Phi) is 4.29. The summed E-state index contributed by atoms with van der Waals surface area (Å²) in [6.45, 7) is 3.85. The summed E-state index contributed by atoms with van der Waals surface area (Å²) in [6.07, 6.45) is 0. The minimum atomic E-state index is -0.856. The molecule has 0 heterocycles. The van der Waals surface area contributed by atoms with Crippen molar-refractivity contribution in [3.63, 3.8) is 0 Å². The summed E-state index contributed by atoms with van der Waals surface area (Å²) in [6, 6.07) is 6.78. The molecule has 0 radical (unpaired) electrons. The lowest BCUT2D eigenvalue weighted by Gasteiger charge is -2.17. The van der Waals surface area contributed by atoms with Gasteiger partial charge in [-0.2, -0.15) is 0 Å². The Morgan fingerprint density at radius 1 is 1.33 bits per heavy atom. The van der Waals surface area contributed by atoms with Crippen LogP contribution >= 0.6 is 15.9 Å². The minimum Gasteiger partial charge on any atom is -0.480 e. The molecule has 1 atom stereocenters. The highest BCUT2D eigenvalue weighted by Gasteiger charge is 2.19. The molecular formula is C11H14BrNO2. The molecule has 0 bridgehead atoms. The van der Waals surface area contributed by atoms with Gasteiger partial charge in [-0.25, -0.2) is 0 Å². The molecular weight excluding hydrogens is 258 g/mol. The molecule has 0 saturated heterocycles. The SMILES string of the molecule is CC(C)NC(C(=O)O)c1ccc(Br)cc1. The highest BCUT2D eigenvalue weighted by molar-refractivity contribution is 9.10. The van der Waals surface area contributed by atoms with Gasteiger partial charge in [0.15, 0.2) is 0 Å². The van der Waals surface area contributed by atoms with Crippen molar-refractivity contribution in [2.75, 3.05) is 0 Å². The number of halogens is 1. The van der Waals surface area contributed by atoms with E-state index < -0.39 is 12.0 Å². The molecule has 1 aromatic carbocycles. The van der Waals surface area contributed by atoms with E-state index in [0.717, 1.165) is 10.0 Å². The zero-order valence-corrected chi connectivity index (χ0v) is 10.3. The standard InChI is InChI=1S/C11H14BrNO2/c1-7(2)13-10(11(14)15)8-3-5-9(12)6-4-8/h3-7,10,13H,1-2H3,(H,14,15). The molecule has 0 spiro atoms. The molecule has 82 valence electrons. The molecule has 2 N–H and O–H groups in total. The third kappa shape index (κ3) is 3.64. The lowest BCUT2D eigenvalue weighted by atomic mass is 10.1. The van der Waals surface area contributed by atoms with Crippen molar-refractivity contribution in [3.05, 3.63) is 34.3 Å². The van der Waals surface area contributed by atoms with Crippen LogP contribution < -0.4 is 5.32 Å². The van der Waals surface area contributed by atoms with E-state index in [2.05, 4.69) is 21.2 Å². The molecule has 0 amide bonds. The first-order chi connectivity index (χ1) is 7.00. The number of benzene rings is 1. The van der Waals surface area contributed by atoms with Crippen molar-refractivity contribution in [3.8, 4) is 0 Å². The first-order valence-corrected chi connectivity index (χ1v) is 5.54. The van der Waals surface area contributed by atoms with Crippen molar-refractivity contribution >= 4 is 21.9 Å². The second kappa shape index (κ2) is 5.28. The second-order valence-electron chi connectivity index (χ2n) is 3.64. The molecule has 15 heavy (non-hydrogen) atoms. The molecule has 0 aliphatic rings. The average Bonchev–Trinajstić information content (AvgIpc) is 2.15. The molecule has 0 aliphatic carbocycles. The largest absolute Gasteiger partial charge is 0.480 e. The molecule has 1 rings (SSSR count). The van der Waals surface area contributed by atoms with Crippen LogP contribution in [-0.2, 0) is 4.79 Å². The van der Waals surface area contributed by atoms with Gasteiger partial charge in [0, 0.05) is 10.5 Å². The van der Waals surface area contributed by atoms with Crippen molar-refractivity contribution in [2.45, 2.75) is 25.9 Å². The monoisotopic (exact) mass is 271 g/mol. The van der Waals surface area contributed by atoms with E-state index >= 15 is 0 Å². The number of carboxylic acids is 1. The third-order valence-electron chi connectivity index (χ3n) is 1.95. The van der Waals surface area contributed by atoms with Gasteiger partial charge in [0.05, 0.1) is 0 Å². The van der Waals surface area contributed by atoms with Gasteiger partial charge >= 0.3 is 5.97 Å². The Balaban J connectivity index is 2.89. The van der Waals surface area contributed by atoms with E-state index in [9.17, 15) is 4.79 Å². The summed E-state index contributed by atoms with van der Waals surface area (Å²) in [5.74, 6) is -0.856. The Morgan fingerprint density at radius 2 is 1.87 bits per heavy atom. The first kappa shape index (κ1) is 12.2. The van der Waals surface area contributed by atoms with Crippen LogP contribution in [0.5, 0.6) is 0 Å². The minimum absolute atomic E-state index is 0.134. The van der Waals surface area contributed by atoms with Crippen LogP contribution in [0.3, 0.4) is 0 Å². The number of hydrogen-bond donors (Lipinski definition) is 2. The summed E-state index contributed by atoms with van der Waals surface area (Å²) < 4.78 is 0.944. The van der Waals surface area contributed by atoms with Crippen LogP contribution in [0.2, 0.25) is 0 Å². The number of carboxylic acid groups (broad SMARTS) is 1. The zero-order chi connectivity index (χ0) is 11.4. The topological polar surface area (TPSA) is 49.3 Å². The fourth-order valence-corrected chi connectivity index (χ4v) is 1.56. The van der Waals surface area contributed by atoms with Gasteiger partial charge in [0.1, 0.15) is 6.04 Å². The number of nitrogens with one attached hydrogen (secondary N) is 1. The van der Waals surface area contributed by atoms with E-state index in [0.29, 0.717) is 0 Å². The fraction of sp³-hybridized carbons (Fsp3) is 0.364. The molecule has 1 unspecified atom stereocenters. The van der Waals surface area contributed by atoms with E-state index in [-0.39, 0.29) is 6.04 Å². The predicted octanol–water partition coefficient (Wildman–Crippen LogP) is 2.57. The van der Waals surface area contributed by atoms with Crippen LogP contribution in [0.1, 0.15) is 25.5 Å². The van der Waals surface area contributed by atoms with Gasteiger partial charge in [-0.05, 0) is 31.5 Å². The van der Waals surface area contributed by atoms with Crippen molar-refractivity contribution < 1.29 is 9.90 Å². The van der Waals surface area contributed by atoms with Gasteiger partial charge in [-0.3, -0.25) is 10.1 Å². The molecule has 0 aromatic heterocycles. The van der Waals surface area contributed by atoms with Gasteiger partial charge < -0.3 is 5.11 Å². The Morgan fingerprint density at radius 3 is 2.27 bits per heavy atom. The smallest absolute Gasteiger partial charge is 0.325 e. The van der Waals surface area contributed by atoms with Crippen LogP contribution in [0, 0.1) is 0 Å². The molecule has 0 saturated carbocycles. The number of hydrogen-bond acceptors (Lipinski definition) is 2. The average molecular weight is 272 g/mol. The predicted molar refractivity (Wildman–Crippen MR) is 62.8 cm³/mol. The van der Waals surface area contributed by atoms with Gasteiger partial charge in [-0.15, -0.1) is 0 Å². The lowest BCUT2D eigenvalue weighted by molar-refractivity contribution is -0.139. The Bertz CT molecular complexity index is 335. The fourth-order valence-electron chi connectivity index (χ4n) is 1.30. The number of carbonyl (C=O) groups is 1. The van der Waals surface area contributed by atoms with Gasteiger partial charge in [-0.1, -0.05) is 28.1 Å². The summed E-state index contributed by atoms with van der Waals surface area (Å²) in [5, 5.41) is 12.1. The van der Waals surface area contributed by atoms with Gasteiger partial charge in [0.2, 0.25) is 0 Å². The maximum Gasteiger partial charge on any atom is 0.325 e. The van der Waals surface area contributed by atoms with E-state index in [1.54, 1.807) is 12.1 Å². The summed E-state index contributed by atoms with van der Waals surface area (Å²) >= 11 is 3.31. The summed E-state index contributed by atoms with van der Waals surface area (Å²) in [4.78, 5) is 11.0. The van der Waals surface area contributed by atoms with E-state index in [4.69, 9.17) is 5.11 Å². The molecule has 0 fully saturated rings. The zero-order valence-electron chi connectivity index (χ0n) is 8.70. The van der Waals surface area contributed by atoms with Crippen molar-refractivity contribution in [2.24, 2.45) is 0 Å². The lowest BCUT2D eigenvalue weighted by Crippen LogP contribution is -2.33. The normalized spacial score (nSPS) is 12.8. The number of rotatable bonds is 4. The maximum atomic E-state index is 11.0. The molecule has 1 aromatic rings. The van der Waals surface area contributed by atoms with Crippen LogP contribution in [0.15, 0.2) is 28.7 Å². The first-order valence-electron chi connectivity index (χ1n) is 4.75. The molecule has 0 aliphatic heterocycles. The van der Waals surface area contributed by atoms with Crippen LogP contribution in [-0.4, -0.2) is 17.1 Å². The van der Waals surface area contributed by atoms with E-state index in [1.165, 1.54) is 0 Å². The molecule has 4 heteroatoms. The second-order valence-corrected chi connectivity index (χ2v) is 4.56. The Hall–Kier alpha value is -0.870. The Labute approximate surface area is 97.6 Å². The maximum absolute atomic E-state index is 11.0. The highest BCUT2D eigenvalue weighted by Crippen LogP contribution is 2.17. The van der Waals surface area contributed by atoms with Crippen molar-refractivity contribution in [1.82, 2.24) is 5.32 Å². The van der Waals surface area contributed by atoms with Crippen LogP contribution in [0.4, 0.5) is 0 Å². The van der Waals surface area contributed by atoms with Crippen molar-refractivity contribution in [1.29, 1.82) is 0 Å². The summed E-state index contributed by atoms with van der Waals surface area (Å²) in [7, 11) is 0. The molecule has 3 nitrogen and oxygen atoms in total.